The number of carbonyl (C=O) groups is 1. The van der Waals surface area contributed by atoms with Crippen LogP contribution in [0.4, 0.5) is 5.69 Å². The molecule has 30 heavy (non-hydrogen) atoms. The quantitative estimate of drug-likeness (QED) is 0.586. The summed E-state index contributed by atoms with van der Waals surface area (Å²) in [7, 11) is 4.60. The Morgan fingerprint density at radius 1 is 1.07 bits per heavy atom. The Bertz CT molecular complexity index is 1040. The molecule has 1 aromatic heterocycles. The highest BCUT2D eigenvalue weighted by Gasteiger charge is 2.36. The molecule has 156 valence electrons. The first-order valence-electron chi connectivity index (χ1n) is 9.24. The van der Waals surface area contributed by atoms with Gasteiger partial charge < -0.3 is 23.6 Å². The van der Waals surface area contributed by atoms with Crippen molar-refractivity contribution in [1.82, 2.24) is 10.1 Å². The zero-order chi connectivity index (χ0) is 21.3. The molecule has 1 amide bonds. The van der Waals surface area contributed by atoms with E-state index in [1.807, 2.05) is 12.1 Å². The number of halogens is 1. The van der Waals surface area contributed by atoms with E-state index in [1.54, 1.807) is 29.2 Å². The van der Waals surface area contributed by atoms with E-state index in [4.69, 9.17) is 30.3 Å². The van der Waals surface area contributed by atoms with Gasteiger partial charge in [0.1, 0.15) is 0 Å². The molecule has 8 nitrogen and oxygen atoms in total. The summed E-state index contributed by atoms with van der Waals surface area (Å²) >= 11 is 5.93. The van der Waals surface area contributed by atoms with E-state index < -0.39 is 0 Å². The summed E-state index contributed by atoms with van der Waals surface area (Å²) in [6.45, 7) is 0.403. The van der Waals surface area contributed by atoms with Crippen molar-refractivity contribution in [3.63, 3.8) is 0 Å². The molecule has 2 heterocycles. The van der Waals surface area contributed by atoms with Crippen LogP contribution in [0.1, 0.15) is 18.2 Å². The molecular weight excluding hydrogens is 410 g/mol. The van der Waals surface area contributed by atoms with Gasteiger partial charge in [-0.1, -0.05) is 16.8 Å². The lowest BCUT2D eigenvalue weighted by molar-refractivity contribution is -0.117. The first-order valence-corrected chi connectivity index (χ1v) is 9.61. The van der Waals surface area contributed by atoms with Crippen LogP contribution in [0.25, 0.3) is 11.4 Å². The summed E-state index contributed by atoms with van der Waals surface area (Å²) < 4.78 is 21.6. The number of hydrogen-bond donors (Lipinski definition) is 0. The third-order valence-electron chi connectivity index (χ3n) is 4.98. The first kappa shape index (κ1) is 20.0. The average Bonchev–Trinajstić information content (AvgIpc) is 3.40. The molecule has 1 aliphatic heterocycles. The lowest BCUT2D eigenvalue weighted by Crippen LogP contribution is -2.24. The monoisotopic (exact) mass is 429 g/mol. The number of rotatable bonds is 6. The van der Waals surface area contributed by atoms with Crippen LogP contribution >= 0.6 is 11.6 Å². The predicted octanol–water partition coefficient (Wildman–Crippen LogP) is 3.94. The van der Waals surface area contributed by atoms with Crippen LogP contribution in [0.15, 0.2) is 40.9 Å². The molecule has 0 spiro atoms. The van der Waals surface area contributed by atoms with Crippen LogP contribution in [0.2, 0.25) is 5.02 Å². The highest BCUT2D eigenvalue weighted by atomic mass is 35.5. The van der Waals surface area contributed by atoms with Gasteiger partial charge in [0, 0.05) is 35.7 Å². The van der Waals surface area contributed by atoms with Crippen molar-refractivity contribution in [2.24, 2.45) is 0 Å². The summed E-state index contributed by atoms with van der Waals surface area (Å²) in [5.41, 5.74) is 1.44. The third kappa shape index (κ3) is 3.66. The molecule has 1 aliphatic rings. The number of nitrogens with zero attached hydrogens (tertiary/aromatic N) is 3. The molecule has 1 unspecified atom stereocenters. The normalized spacial score (nSPS) is 16.1. The Labute approximate surface area is 178 Å². The second kappa shape index (κ2) is 8.23. The van der Waals surface area contributed by atoms with Crippen LogP contribution in [-0.2, 0) is 4.79 Å². The van der Waals surface area contributed by atoms with Gasteiger partial charge >= 0.3 is 0 Å². The smallest absolute Gasteiger partial charge is 0.232 e. The maximum atomic E-state index is 12.7. The number of anilines is 1. The lowest BCUT2D eigenvalue weighted by Gasteiger charge is -2.20. The zero-order valence-electron chi connectivity index (χ0n) is 16.7. The van der Waals surface area contributed by atoms with Gasteiger partial charge in [-0.2, -0.15) is 4.98 Å². The molecule has 1 atom stereocenters. The molecule has 0 N–H and O–H groups in total. The molecule has 0 aliphatic carbocycles. The Balaban J connectivity index is 1.59. The van der Waals surface area contributed by atoms with Gasteiger partial charge in [0.2, 0.25) is 23.4 Å². The number of carbonyl (C=O) groups excluding carboxylic acids is 1. The fourth-order valence-electron chi connectivity index (χ4n) is 3.46. The fraction of sp³-hybridized carbons (Fsp3) is 0.286. The topological polar surface area (TPSA) is 86.9 Å². The van der Waals surface area contributed by atoms with E-state index in [1.165, 1.54) is 21.3 Å². The van der Waals surface area contributed by atoms with Crippen molar-refractivity contribution >= 4 is 23.2 Å². The zero-order valence-corrected chi connectivity index (χ0v) is 17.5. The van der Waals surface area contributed by atoms with Gasteiger partial charge in [-0.15, -0.1) is 0 Å². The van der Waals surface area contributed by atoms with Crippen molar-refractivity contribution < 1.29 is 23.5 Å². The van der Waals surface area contributed by atoms with Crippen molar-refractivity contribution in [1.29, 1.82) is 0 Å². The average molecular weight is 430 g/mol. The minimum atomic E-state index is -0.217. The summed E-state index contributed by atoms with van der Waals surface area (Å²) in [6.07, 6.45) is 0.263. The standard InChI is InChI=1S/C21H20ClN3O5/c1-27-16-9-15(10-17(28-2)19(16)29-3)25-11-13(8-18(25)26)21-23-20(24-30-21)12-4-6-14(22)7-5-12/h4-7,9-10,13H,8,11H2,1-3H3. The van der Waals surface area contributed by atoms with Gasteiger partial charge in [0.25, 0.3) is 0 Å². The van der Waals surface area contributed by atoms with Crippen molar-refractivity contribution in [3.8, 4) is 28.6 Å². The molecular formula is C21H20ClN3O5. The minimum Gasteiger partial charge on any atom is -0.493 e. The number of ether oxygens (including phenoxy) is 3. The Hall–Kier alpha value is -3.26. The molecule has 1 fully saturated rings. The van der Waals surface area contributed by atoms with Gasteiger partial charge in [0.05, 0.1) is 32.9 Å². The molecule has 1 saturated heterocycles. The van der Waals surface area contributed by atoms with Crippen LogP contribution in [0.3, 0.4) is 0 Å². The first-order chi connectivity index (χ1) is 14.5. The van der Waals surface area contributed by atoms with Crippen LogP contribution < -0.4 is 19.1 Å². The number of amides is 1. The van der Waals surface area contributed by atoms with Crippen molar-refractivity contribution in [2.45, 2.75) is 12.3 Å². The van der Waals surface area contributed by atoms with E-state index in [2.05, 4.69) is 10.1 Å². The largest absolute Gasteiger partial charge is 0.493 e. The van der Waals surface area contributed by atoms with Gasteiger partial charge in [-0.3, -0.25) is 4.79 Å². The van der Waals surface area contributed by atoms with Crippen molar-refractivity contribution in [3.05, 3.63) is 47.3 Å². The third-order valence-corrected chi connectivity index (χ3v) is 5.23. The highest BCUT2D eigenvalue weighted by Crippen LogP contribution is 2.43. The number of hydrogen-bond acceptors (Lipinski definition) is 7. The Kier molecular flexibility index (Phi) is 5.50. The molecule has 9 heteroatoms. The number of aromatic nitrogens is 2. The van der Waals surface area contributed by atoms with Crippen molar-refractivity contribution in [2.75, 3.05) is 32.8 Å². The minimum absolute atomic E-state index is 0.0551. The summed E-state index contributed by atoms with van der Waals surface area (Å²) in [5.74, 6) is 2.03. The lowest BCUT2D eigenvalue weighted by atomic mass is 10.1. The van der Waals surface area contributed by atoms with E-state index in [0.717, 1.165) is 5.56 Å². The van der Waals surface area contributed by atoms with Gasteiger partial charge in [-0.05, 0) is 24.3 Å². The molecule has 0 saturated carbocycles. The summed E-state index contributed by atoms with van der Waals surface area (Å²) in [6, 6.07) is 10.7. The Morgan fingerprint density at radius 3 is 2.33 bits per heavy atom. The molecule has 0 bridgehead atoms. The summed E-state index contributed by atoms with van der Waals surface area (Å²) in [5, 5.41) is 4.67. The second-order valence-corrected chi connectivity index (χ2v) is 7.19. The maximum Gasteiger partial charge on any atom is 0.232 e. The molecule has 4 rings (SSSR count). The fourth-order valence-corrected chi connectivity index (χ4v) is 3.59. The van der Waals surface area contributed by atoms with Crippen LogP contribution in [-0.4, -0.2) is 43.9 Å². The molecule has 2 aromatic carbocycles. The highest BCUT2D eigenvalue weighted by molar-refractivity contribution is 6.30. The van der Waals surface area contributed by atoms with E-state index in [9.17, 15) is 4.79 Å². The van der Waals surface area contributed by atoms with Crippen LogP contribution in [0.5, 0.6) is 17.2 Å². The Morgan fingerprint density at radius 2 is 1.73 bits per heavy atom. The van der Waals surface area contributed by atoms with E-state index in [-0.39, 0.29) is 18.2 Å². The van der Waals surface area contributed by atoms with E-state index in [0.29, 0.717) is 46.2 Å². The van der Waals surface area contributed by atoms with E-state index >= 15 is 0 Å². The maximum absolute atomic E-state index is 12.7. The summed E-state index contributed by atoms with van der Waals surface area (Å²) in [4.78, 5) is 18.9. The predicted molar refractivity (Wildman–Crippen MR) is 111 cm³/mol. The van der Waals surface area contributed by atoms with Crippen LogP contribution in [0, 0.1) is 0 Å². The molecule has 0 radical (unpaired) electrons. The van der Waals surface area contributed by atoms with Gasteiger partial charge in [-0.25, -0.2) is 0 Å². The second-order valence-electron chi connectivity index (χ2n) is 6.75. The van der Waals surface area contributed by atoms with Gasteiger partial charge in [0.15, 0.2) is 11.5 Å². The molecule has 3 aromatic rings. The SMILES string of the molecule is COc1cc(N2CC(c3nc(-c4ccc(Cl)cc4)no3)CC2=O)cc(OC)c1OC. The number of benzene rings is 2. The number of methoxy groups -OCH3 is 3.